The standard InChI is InChI=1S/C26H37N3O3/c1-19(2)8-6-9-20(3)10-7-11-21(4)16-26(32)27-22-17-25(31)23(18-24(22)30)29-14-12-28(5)13-15-29/h8,10,16-18H,6-7,9,11-15H2,1-5H3,(H,27,32). The summed E-state index contributed by atoms with van der Waals surface area (Å²) in [6.07, 6.45) is 12.3. The molecular weight excluding hydrogens is 402 g/mol. The summed E-state index contributed by atoms with van der Waals surface area (Å²) in [7, 11) is 2.03. The molecule has 0 atom stereocenters. The highest BCUT2D eigenvalue weighted by Gasteiger charge is 2.26. The van der Waals surface area contributed by atoms with E-state index >= 15 is 0 Å². The quantitative estimate of drug-likeness (QED) is 0.337. The van der Waals surface area contributed by atoms with Gasteiger partial charge in [-0.25, -0.2) is 0 Å². The minimum Gasteiger partial charge on any atom is -0.366 e. The van der Waals surface area contributed by atoms with Crippen LogP contribution in [0.5, 0.6) is 0 Å². The van der Waals surface area contributed by atoms with E-state index in [2.05, 4.69) is 43.1 Å². The van der Waals surface area contributed by atoms with Crippen LogP contribution in [0.2, 0.25) is 0 Å². The number of rotatable bonds is 9. The van der Waals surface area contributed by atoms with Crippen LogP contribution in [0.3, 0.4) is 0 Å². The maximum absolute atomic E-state index is 12.5. The van der Waals surface area contributed by atoms with Gasteiger partial charge in [0.25, 0.3) is 0 Å². The number of nitrogens with one attached hydrogen (secondary N) is 1. The number of allylic oxidation sites excluding steroid dienone is 7. The van der Waals surface area contributed by atoms with Gasteiger partial charge in [-0.1, -0.05) is 28.9 Å². The van der Waals surface area contributed by atoms with Crippen molar-refractivity contribution in [1.82, 2.24) is 15.1 Å². The number of carbonyl (C=O) groups is 3. The highest BCUT2D eigenvalue weighted by Crippen LogP contribution is 2.17. The Hall–Kier alpha value is -2.73. The molecule has 174 valence electrons. The number of nitrogens with zero attached hydrogens (tertiary/aromatic N) is 2. The predicted molar refractivity (Wildman–Crippen MR) is 129 cm³/mol. The molecule has 6 nitrogen and oxygen atoms in total. The van der Waals surface area contributed by atoms with Gasteiger partial charge in [0.05, 0.1) is 11.4 Å². The molecule has 2 aliphatic rings. The first kappa shape index (κ1) is 25.5. The van der Waals surface area contributed by atoms with Gasteiger partial charge in [-0.3, -0.25) is 14.4 Å². The van der Waals surface area contributed by atoms with Crippen molar-refractivity contribution in [2.75, 3.05) is 33.2 Å². The van der Waals surface area contributed by atoms with Gasteiger partial charge in [-0.2, -0.15) is 0 Å². The van der Waals surface area contributed by atoms with Crippen molar-refractivity contribution in [3.63, 3.8) is 0 Å². The minimum absolute atomic E-state index is 0.0388. The van der Waals surface area contributed by atoms with Crippen LogP contribution in [0.4, 0.5) is 0 Å². The number of hydrogen-bond donors (Lipinski definition) is 1. The molecule has 0 aromatic rings. The van der Waals surface area contributed by atoms with Gasteiger partial charge in [0.15, 0.2) is 0 Å². The molecule has 0 saturated carbocycles. The Morgan fingerprint density at radius 3 is 2.19 bits per heavy atom. The highest BCUT2D eigenvalue weighted by atomic mass is 16.2. The molecule has 1 fully saturated rings. The second-order valence-corrected chi connectivity index (χ2v) is 9.00. The van der Waals surface area contributed by atoms with Gasteiger partial charge in [-0.15, -0.1) is 0 Å². The van der Waals surface area contributed by atoms with E-state index in [0.29, 0.717) is 18.8 Å². The molecule has 1 saturated heterocycles. The van der Waals surface area contributed by atoms with Crippen LogP contribution < -0.4 is 5.32 Å². The molecular formula is C26H37N3O3. The van der Waals surface area contributed by atoms with Crippen LogP contribution in [0.25, 0.3) is 0 Å². The average Bonchev–Trinajstić information content (AvgIpc) is 2.71. The predicted octanol–water partition coefficient (Wildman–Crippen LogP) is 3.69. The lowest BCUT2D eigenvalue weighted by molar-refractivity contribution is -0.119. The smallest absolute Gasteiger partial charge is 0.248 e. The fraction of sp³-hybridized carbons (Fsp3) is 0.500. The van der Waals surface area contributed by atoms with Crippen molar-refractivity contribution in [1.29, 1.82) is 0 Å². The summed E-state index contributed by atoms with van der Waals surface area (Å²) >= 11 is 0. The van der Waals surface area contributed by atoms with Crippen LogP contribution >= 0.6 is 0 Å². The fourth-order valence-corrected chi connectivity index (χ4v) is 3.64. The van der Waals surface area contributed by atoms with E-state index in [4.69, 9.17) is 0 Å². The van der Waals surface area contributed by atoms with Crippen molar-refractivity contribution >= 4 is 17.5 Å². The number of piperazine rings is 1. The number of hydrogen-bond acceptors (Lipinski definition) is 5. The molecule has 0 unspecified atom stereocenters. The Balaban J connectivity index is 1.85. The third-order valence-electron chi connectivity index (χ3n) is 5.66. The molecule has 0 radical (unpaired) electrons. The van der Waals surface area contributed by atoms with Gasteiger partial charge in [0, 0.05) is 44.4 Å². The van der Waals surface area contributed by atoms with E-state index < -0.39 is 0 Å². The lowest BCUT2D eigenvalue weighted by atomic mass is 10.0. The summed E-state index contributed by atoms with van der Waals surface area (Å²) < 4.78 is 0. The van der Waals surface area contributed by atoms with Crippen LogP contribution in [-0.4, -0.2) is 60.5 Å². The Morgan fingerprint density at radius 2 is 1.53 bits per heavy atom. The first-order valence-electron chi connectivity index (χ1n) is 11.4. The Kier molecular flexibility index (Phi) is 9.85. The Bertz CT molecular complexity index is 878. The number of carbonyl (C=O) groups excluding carboxylic acids is 3. The van der Waals surface area contributed by atoms with Crippen LogP contribution in [-0.2, 0) is 14.4 Å². The van der Waals surface area contributed by atoms with E-state index in [0.717, 1.165) is 44.3 Å². The molecule has 1 amide bonds. The summed E-state index contributed by atoms with van der Waals surface area (Å²) in [5.74, 6) is -0.956. The Labute approximate surface area is 192 Å². The maximum atomic E-state index is 12.5. The van der Waals surface area contributed by atoms with Crippen molar-refractivity contribution in [2.45, 2.75) is 53.4 Å². The van der Waals surface area contributed by atoms with Crippen molar-refractivity contribution < 1.29 is 14.4 Å². The monoisotopic (exact) mass is 439 g/mol. The second-order valence-electron chi connectivity index (χ2n) is 9.00. The Morgan fingerprint density at radius 1 is 0.906 bits per heavy atom. The van der Waals surface area contributed by atoms with Gasteiger partial charge in [-0.05, 0) is 60.4 Å². The van der Waals surface area contributed by atoms with Crippen LogP contribution in [0.1, 0.15) is 53.4 Å². The maximum Gasteiger partial charge on any atom is 0.248 e. The molecule has 1 N–H and O–H groups in total. The third kappa shape index (κ3) is 8.42. The highest BCUT2D eigenvalue weighted by molar-refractivity contribution is 6.20. The van der Waals surface area contributed by atoms with E-state index in [1.54, 1.807) is 0 Å². The van der Waals surface area contributed by atoms with Crippen molar-refractivity contribution in [3.05, 3.63) is 58.5 Å². The zero-order valence-electron chi connectivity index (χ0n) is 20.2. The van der Waals surface area contributed by atoms with Crippen molar-refractivity contribution in [2.24, 2.45) is 0 Å². The lowest BCUT2D eigenvalue weighted by Crippen LogP contribution is -2.46. The molecule has 2 rings (SSSR count). The summed E-state index contributed by atoms with van der Waals surface area (Å²) in [6.45, 7) is 11.4. The molecule has 0 bridgehead atoms. The van der Waals surface area contributed by atoms with Crippen molar-refractivity contribution in [3.8, 4) is 0 Å². The van der Waals surface area contributed by atoms with Gasteiger partial charge >= 0.3 is 0 Å². The SMILES string of the molecule is CC(C)=CCCC(C)=CCCC(C)=CC(=O)NC1=CC(=O)C(N2CCN(C)CC2)=CC1=O. The zero-order chi connectivity index (χ0) is 23.7. The molecule has 1 aliphatic carbocycles. The summed E-state index contributed by atoms with van der Waals surface area (Å²) in [6, 6.07) is 0. The van der Waals surface area contributed by atoms with Gasteiger partial charge in [0.2, 0.25) is 17.5 Å². The lowest BCUT2D eigenvalue weighted by Gasteiger charge is -2.35. The molecule has 0 aromatic heterocycles. The summed E-state index contributed by atoms with van der Waals surface area (Å²) in [5, 5.41) is 2.58. The topological polar surface area (TPSA) is 69.7 Å². The first-order valence-corrected chi connectivity index (χ1v) is 11.4. The summed E-state index contributed by atoms with van der Waals surface area (Å²) in [5.41, 5.74) is 4.07. The minimum atomic E-state index is -0.379. The van der Waals surface area contributed by atoms with Gasteiger partial charge in [0.1, 0.15) is 0 Å². The normalized spacial score (nSPS) is 18.3. The molecule has 6 heteroatoms. The van der Waals surface area contributed by atoms with E-state index in [1.807, 2.05) is 18.9 Å². The van der Waals surface area contributed by atoms with E-state index in [9.17, 15) is 14.4 Å². The third-order valence-corrected chi connectivity index (χ3v) is 5.66. The molecule has 0 spiro atoms. The zero-order valence-corrected chi connectivity index (χ0v) is 20.2. The molecule has 1 heterocycles. The second kappa shape index (κ2) is 12.3. The number of amides is 1. The molecule has 32 heavy (non-hydrogen) atoms. The number of likely N-dealkylation sites (N-methyl/N-ethyl adjacent to an activating group) is 1. The molecule has 0 aromatic carbocycles. The van der Waals surface area contributed by atoms with E-state index in [-0.39, 0.29) is 23.2 Å². The first-order chi connectivity index (χ1) is 15.2. The van der Waals surface area contributed by atoms with Crippen LogP contribution in [0.15, 0.2) is 58.5 Å². The van der Waals surface area contributed by atoms with E-state index in [1.165, 1.54) is 29.4 Å². The van der Waals surface area contributed by atoms with Gasteiger partial charge < -0.3 is 15.1 Å². The van der Waals surface area contributed by atoms with Crippen LogP contribution in [0, 0.1) is 0 Å². The average molecular weight is 440 g/mol. The molecule has 1 aliphatic heterocycles. The number of ketones is 2. The largest absolute Gasteiger partial charge is 0.366 e. The fourth-order valence-electron chi connectivity index (χ4n) is 3.64. The summed E-state index contributed by atoms with van der Waals surface area (Å²) in [4.78, 5) is 41.5.